The van der Waals surface area contributed by atoms with Crippen LogP contribution in [0.4, 0.5) is 5.69 Å². The Balaban J connectivity index is 2.62. The van der Waals surface area contributed by atoms with Gasteiger partial charge in [0.05, 0.1) is 0 Å². The second-order valence-electron chi connectivity index (χ2n) is 5.73. The summed E-state index contributed by atoms with van der Waals surface area (Å²) in [6.07, 6.45) is 0.262. The largest absolute Gasteiger partial charge is 0.508 e. The predicted octanol–water partition coefficient (Wildman–Crippen LogP) is 2.40. The van der Waals surface area contributed by atoms with E-state index in [2.05, 4.69) is 5.32 Å². The van der Waals surface area contributed by atoms with E-state index in [1.165, 1.54) is 6.07 Å². The van der Waals surface area contributed by atoms with Crippen LogP contribution in [0.15, 0.2) is 18.2 Å². The Labute approximate surface area is 108 Å². The van der Waals surface area contributed by atoms with Crippen LogP contribution < -0.4 is 11.1 Å². The van der Waals surface area contributed by atoms with E-state index in [4.69, 9.17) is 5.73 Å². The van der Waals surface area contributed by atoms with Crippen LogP contribution in [0.25, 0.3) is 0 Å². The van der Waals surface area contributed by atoms with E-state index in [1.54, 1.807) is 19.1 Å². The number of carbonyl (C=O) groups is 1. The normalized spacial score (nSPS) is 13.2. The molecule has 1 aromatic rings. The molecule has 1 aromatic carbocycles. The van der Waals surface area contributed by atoms with Crippen molar-refractivity contribution in [1.82, 2.24) is 0 Å². The number of hydrogen-bond acceptors (Lipinski definition) is 3. The van der Waals surface area contributed by atoms with E-state index >= 15 is 0 Å². The van der Waals surface area contributed by atoms with E-state index < -0.39 is 0 Å². The Hall–Kier alpha value is -1.55. The Bertz CT molecular complexity index is 436. The molecule has 0 saturated carbocycles. The molecule has 0 aliphatic rings. The number of amides is 1. The summed E-state index contributed by atoms with van der Waals surface area (Å²) in [5.41, 5.74) is 7.21. The molecule has 100 valence electrons. The second-order valence-corrected chi connectivity index (χ2v) is 5.73. The molecule has 18 heavy (non-hydrogen) atoms. The molecule has 4 heteroatoms. The molecule has 1 atom stereocenters. The van der Waals surface area contributed by atoms with Crippen molar-refractivity contribution >= 4 is 11.6 Å². The summed E-state index contributed by atoms with van der Waals surface area (Å²) in [6, 6.07) is 4.86. The van der Waals surface area contributed by atoms with Crippen molar-refractivity contribution in [3.63, 3.8) is 0 Å². The van der Waals surface area contributed by atoms with Crippen molar-refractivity contribution in [3.8, 4) is 5.75 Å². The number of phenolic OH excluding ortho intramolecular Hbond substituents is 1. The van der Waals surface area contributed by atoms with Gasteiger partial charge >= 0.3 is 0 Å². The number of nitrogens with two attached hydrogens (primary N) is 1. The van der Waals surface area contributed by atoms with Crippen molar-refractivity contribution in [3.05, 3.63) is 23.8 Å². The highest BCUT2D eigenvalue weighted by molar-refractivity contribution is 5.91. The zero-order chi connectivity index (χ0) is 13.9. The molecule has 0 spiro atoms. The van der Waals surface area contributed by atoms with Crippen molar-refractivity contribution in [2.75, 3.05) is 5.32 Å². The van der Waals surface area contributed by atoms with E-state index in [0.717, 1.165) is 5.56 Å². The van der Waals surface area contributed by atoms with Gasteiger partial charge in [-0.3, -0.25) is 4.79 Å². The lowest BCUT2D eigenvalue weighted by Gasteiger charge is -2.26. The summed E-state index contributed by atoms with van der Waals surface area (Å²) in [6.45, 7) is 7.81. The molecule has 0 heterocycles. The quantitative estimate of drug-likeness (QED) is 0.771. The van der Waals surface area contributed by atoms with Gasteiger partial charge in [0.1, 0.15) is 5.75 Å². The SMILES string of the molecule is Cc1ccc(NC(=O)CC(N)C(C)(C)C)cc1O. The van der Waals surface area contributed by atoms with Crippen LogP contribution in [0.2, 0.25) is 0 Å². The molecule has 0 aliphatic carbocycles. The average Bonchev–Trinajstić information content (AvgIpc) is 2.22. The first-order valence-electron chi connectivity index (χ1n) is 6.05. The van der Waals surface area contributed by atoms with Gasteiger partial charge in [0, 0.05) is 24.2 Å². The van der Waals surface area contributed by atoms with Gasteiger partial charge in [-0.25, -0.2) is 0 Å². The Morgan fingerprint density at radius 2 is 2.06 bits per heavy atom. The number of anilines is 1. The van der Waals surface area contributed by atoms with Crippen LogP contribution in [0, 0.1) is 12.3 Å². The number of hydrogen-bond donors (Lipinski definition) is 3. The average molecular weight is 250 g/mol. The summed E-state index contributed by atoms with van der Waals surface area (Å²) >= 11 is 0. The fraction of sp³-hybridized carbons (Fsp3) is 0.500. The molecule has 4 nitrogen and oxygen atoms in total. The summed E-state index contributed by atoms with van der Waals surface area (Å²) in [5.74, 6) is 0.0357. The highest BCUT2D eigenvalue weighted by atomic mass is 16.3. The van der Waals surface area contributed by atoms with Crippen LogP contribution in [0.1, 0.15) is 32.8 Å². The Kier molecular flexibility index (Phi) is 4.35. The number of aromatic hydroxyl groups is 1. The molecule has 0 fully saturated rings. The summed E-state index contributed by atoms with van der Waals surface area (Å²) in [5, 5.41) is 12.3. The van der Waals surface area contributed by atoms with Crippen LogP contribution in [0.3, 0.4) is 0 Å². The smallest absolute Gasteiger partial charge is 0.225 e. The van der Waals surface area contributed by atoms with Crippen molar-refractivity contribution in [1.29, 1.82) is 0 Å². The standard InChI is InChI=1S/C14H22N2O2/c1-9-5-6-10(7-11(9)17)16-13(18)8-12(15)14(2,3)4/h5-7,12,17H,8,15H2,1-4H3,(H,16,18). The van der Waals surface area contributed by atoms with Crippen LogP contribution >= 0.6 is 0 Å². The summed E-state index contributed by atoms with van der Waals surface area (Å²) in [4.78, 5) is 11.8. The lowest BCUT2D eigenvalue weighted by atomic mass is 9.85. The van der Waals surface area contributed by atoms with Gasteiger partial charge in [0.2, 0.25) is 5.91 Å². The van der Waals surface area contributed by atoms with Gasteiger partial charge < -0.3 is 16.2 Å². The van der Waals surface area contributed by atoms with Crippen molar-refractivity contribution in [2.45, 2.75) is 40.2 Å². The zero-order valence-electron chi connectivity index (χ0n) is 11.4. The lowest BCUT2D eigenvalue weighted by molar-refractivity contribution is -0.117. The Morgan fingerprint density at radius 1 is 1.44 bits per heavy atom. The van der Waals surface area contributed by atoms with Gasteiger partial charge in [-0.05, 0) is 24.0 Å². The molecule has 1 unspecified atom stereocenters. The molecular formula is C14H22N2O2. The van der Waals surface area contributed by atoms with E-state index in [0.29, 0.717) is 5.69 Å². The molecule has 0 bridgehead atoms. The molecular weight excluding hydrogens is 228 g/mol. The number of aryl methyl sites for hydroxylation is 1. The number of benzene rings is 1. The van der Waals surface area contributed by atoms with Crippen LogP contribution in [-0.2, 0) is 4.79 Å². The first kappa shape index (κ1) is 14.5. The second kappa shape index (κ2) is 5.40. The van der Waals surface area contributed by atoms with Gasteiger partial charge in [0.25, 0.3) is 0 Å². The molecule has 0 saturated heterocycles. The molecule has 0 aromatic heterocycles. The maximum atomic E-state index is 11.8. The fourth-order valence-corrected chi connectivity index (χ4v) is 1.41. The third-order valence-electron chi connectivity index (χ3n) is 3.01. The molecule has 0 radical (unpaired) electrons. The zero-order valence-corrected chi connectivity index (χ0v) is 11.4. The first-order valence-corrected chi connectivity index (χ1v) is 6.05. The number of nitrogens with one attached hydrogen (secondary N) is 1. The minimum atomic E-state index is -0.198. The number of carbonyl (C=O) groups excluding carboxylic acids is 1. The van der Waals surface area contributed by atoms with E-state index in [-0.39, 0.29) is 29.5 Å². The monoisotopic (exact) mass is 250 g/mol. The molecule has 4 N–H and O–H groups in total. The fourth-order valence-electron chi connectivity index (χ4n) is 1.41. The lowest BCUT2D eigenvalue weighted by Crippen LogP contribution is -2.38. The first-order chi connectivity index (χ1) is 8.20. The van der Waals surface area contributed by atoms with E-state index in [9.17, 15) is 9.90 Å². The number of phenols is 1. The minimum absolute atomic E-state index is 0.104. The van der Waals surface area contributed by atoms with Crippen LogP contribution in [0.5, 0.6) is 5.75 Å². The molecule has 0 aliphatic heterocycles. The van der Waals surface area contributed by atoms with Gasteiger partial charge in [0.15, 0.2) is 0 Å². The third kappa shape index (κ3) is 4.04. The highest BCUT2D eigenvalue weighted by Crippen LogP contribution is 2.22. The van der Waals surface area contributed by atoms with Gasteiger partial charge in [-0.1, -0.05) is 26.8 Å². The molecule has 1 rings (SSSR count). The third-order valence-corrected chi connectivity index (χ3v) is 3.01. The topological polar surface area (TPSA) is 75.4 Å². The predicted molar refractivity (Wildman–Crippen MR) is 73.5 cm³/mol. The summed E-state index contributed by atoms with van der Waals surface area (Å²) < 4.78 is 0. The highest BCUT2D eigenvalue weighted by Gasteiger charge is 2.23. The minimum Gasteiger partial charge on any atom is -0.508 e. The van der Waals surface area contributed by atoms with Crippen molar-refractivity contribution in [2.24, 2.45) is 11.1 Å². The van der Waals surface area contributed by atoms with Gasteiger partial charge in [-0.15, -0.1) is 0 Å². The Morgan fingerprint density at radius 3 is 2.56 bits per heavy atom. The maximum absolute atomic E-state index is 11.8. The molecule has 1 amide bonds. The number of rotatable bonds is 3. The van der Waals surface area contributed by atoms with Crippen LogP contribution in [-0.4, -0.2) is 17.1 Å². The van der Waals surface area contributed by atoms with Crippen molar-refractivity contribution < 1.29 is 9.90 Å². The maximum Gasteiger partial charge on any atom is 0.225 e. The summed E-state index contributed by atoms with van der Waals surface area (Å²) in [7, 11) is 0. The van der Waals surface area contributed by atoms with Gasteiger partial charge in [-0.2, -0.15) is 0 Å². The van der Waals surface area contributed by atoms with E-state index in [1.807, 2.05) is 20.8 Å².